The molecule has 1 N–H and O–H groups in total. The SMILES string of the molecule is CCOC(=O)c1cnn2cc(OCC(C)(C)O)ccc12. The second-order valence-electron chi connectivity index (χ2n) is 5.07. The fraction of sp³-hybridized carbons (Fsp3) is 0.429. The highest BCUT2D eigenvalue weighted by molar-refractivity contribution is 5.96. The average Bonchev–Trinajstić information content (AvgIpc) is 2.78. The largest absolute Gasteiger partial charge is 0.489 e. The molecule has 0 saturated heterocycles. The standard InChI is InChI=1S/C14H18N2O4/c1-4-19-13(17)11-7-15-16-8-10(5-6-12(11)16)20-9-14(2,3)18/h5-8,18H,4,9H2,1-3H3. The molecule has 0 aliphatic heterocycles. The lowest BCUT2D eigenvalue weighted by atomic mass is 10.2. The third-order valence-corrected chi connectivity index (χ3v) is 2.58. The molecule has 2 aromatic rings. The van der Waals surface area contributed by atoms with Gasteiger partial charge < -0.3 is 14.6 Å². The number of hydrogen-bond donors (Lipinski definition) is 1. The summed E-state index contributed by atoms with van der Waals surface area (Å²) in [5.74, 6) is 0.172. The molecule has 2 heterocycles. The van der Waals surface area contributed by atoms with E-state index in [1.165, 1.54) is 6.20 Å². The van der Waals surface area contributed by atoms with E-state index in [0.29, 0.717) is 23.4 Å². The smallest absolute Gasteiger partial charge is 0.341 e. The number of aromatic nitrogens is 2. The molecule has 0 aliphatic rings. The molecule has 0 spiro atoms. The van der Waals surface area contributed by atoms with Gasteiger partial charge in [0.05, 0.1) is 30.1 Å². The molecule has 0 atom stereocenters. The van der Waals surface area contributed by atoms with Gasteiger partial charge in [0.1, 0.15) is 17.9 Å². The molecule has 108 valence electrons. The van der Waals surface area contributed by atoms with E-state index in [0.717, 1.165) is 0 Å². The maximum absolute atomic E-state index is 11.7. The Morgan fingerprint density at radius 3 is 2.85 bits per heavy atom. The maximum atomic E-state index is 11.7. The molecule has 0 saturated carbocycles. The van der Waals surface area contributed by atoms with Gasteiger partial charge in [-0.05, 0) is 32.9 Å². The molecule has 6 nitrogen and oxygen atoms in total. The van der Waals surface area contributed by atoms with Crippen molar-refractivity contribution in [3.05, 3.63) is 30.1 Å². The van der Waals surface area contributed by atoms with Crippen LogP contribution in [0.2, 0.25) is 0 Å². The summed E-state index contributed by atoms with van der Waals surface area (Å²) in [4.78, 5) is 11.7. The van der Waals surface area contributed by atoms with Crippen LogP contribution in [0.4, 0.5) is 0 Å². The maximum Gasteiger partial charge on any atom is 0.341 e. The highest BCUT2D eigenvalue weighted by Gasteiger charge is 2.16. The lowest BCUT2D eigenvalue weighted by Crippen LogP contribution is -2.27. The van der Waals surface area contributed by atoms with Gasteiger partial charge in [-0.25, -0.2) is 9.31 Å². The summed E-state index contributed by atoms with van der Waals surface area (Å²) < 4.78 is 12.0. The van der Waals surface area contributed by atoms with E-state index in [9.17, 15) is 9.90 Å². The number of carbonyl (C=O) groups excluding carboxylic acids is 1. The monoisotopic (exact) mass is 278 g/mol. The first-order valence-corrected chi connectivity index (χ1v) is 6.40. The minimum atomic E-state index is -0.908. The Balaban J connectivity index is 2.22. The third-order valence-electron chi connectivity index (χ3n) is 2.58. The summed E-state index contributed by atoms with van der Waals surface area (Å²) in [7, 11) is 0. The number of esters is 1. The van der Waals surface area contributed by atoms with Gasteiger partial charge >= 0.3 is 5.97 Å². The Kier molecular flexibility index (Phi) is 3.94. The number of rotatable bonds is 5. The third kappa shape index (κ3) is 3.27. The van der Waals surface area contributed by atoms with E-state index >= 15 is 0 Å². The molecular formula is C14H18N2O4. The normalized spacial score (nSPS) is 11.6. The minimum absolute atomic E-state index is 0.171. The molecule has 0 amide bonds. The first-order chi connectivity index (χ1) is 9.40. The van der Waals surface area contributed by atoms with Crippen LogP contribution in [0.1, 0.15) is 31.1 Å². The number of hydrogen-bond acceptors (Lipinski definition) is 5. The Bertz CT molecular complexity index is 613. The second-order valence-corrected chi connectivity index (χ2v) is 5.07. The predicted molar refractivity (Wildman–Crippen MR) is 72.9 cm³/mol. The first-order valence-electron chi connectivity index (χ1n) is 6.40. The fourth-order valence-electron chi connectivity index (χ4n) is 1.68. The van der Waals surface area contributed by atoms with Crippen molar-refractivity contribution in [1.82, 2.24) is 9.61 Å². The molecule has 0 aliphatic carbocycles. The Morgan fingerprint density at radius 1 is 1.45 bits per heavy atom. The van der Waals surface area contributed by atoms with Crippen molar-refractivity contribution in [1.29, 1.82) is 0 Å². The van der Waals surface area contributed by atoms with E-state index in [-0.39, 0.29) is 6.61 Å². The Labute approximate surface area is 116 Å². The number of nitrogens with zero attached hydrogens (tertiary/aromatic N) is 2. The van der Waals surface area contributed by atoms with Crippen molar-refractivity contribution in [3.63, 3.8) is 0 Å². The summed E-state index contributed by atoms with van der Waals surface area (Å²) in [6.07, 6.45) is 3.12. The number of pyridine rings is 1. The van der Waals surface area contributed by atoms with Crippen LogP contribution in [-0.4, -0.2) is 39.5 Å². The van der Waals surface area contributed by atoms with Crippen LogP contribution in [0.3, 0.4) is 0 Å². The number of aliphatic hydroxyl groups is 1. The van der Waals surface area contributed by atoms with Crippen molar-refractivity contribution in [2.45, 2.75) is 26.4 Å². The molecule has 0 bridgehead atoms. The van der Waals surface area contributed by atoms with Crippen molar-refractivity contribution < 1.29 is 19.4 Å². The lowest BCUT2D eigenvalue weighted by Gasteiger charge is -2.17. The highest BCUT2D eigenvalue weighted by Crippen LogP contribution is 2.18. The van der Waals surface area contributed by atoms with Crippen LogP contribution >= 0.6 is 0 Å². The zero-order valence-electron chi connectivity index (χ0n) is 11.8. The van der Waals surface area contributed by atoms with Crippen LogP contribution in [0.25, 0.3) is 5.52 Å². The molecule has 0 aromatic carbocycles. The minimum Gasteiger partial charge on any atom is -0.489 e. The summed E-state index contributed by atoms with van der Waals surface area (Å²) in [5.41, 5.74) is 0.162. The van der Waals surface area contributed by atoms with Crippen LogP contribution in [-0.2, 0) is 4.74 Å². The van der Waals surface area contributed by atoms with Gasteiger partial charge in [-0.3, -0.25) is 0 Å². The zero-order valence-corrected chi connectivity index (χ0v) is 11.8. The average molecular weight is 278 g/mol. The van der Waals surface area contributed by atoms with E-state index in [1.54, 1.807) is 43.6 Å². The van der Waals surface area contributed by atoms with Gasteiger partial charge in [0.25, 0.3) is 0 Å². The summed E-state index contributed by atoms with van der Waals surface area (Å²) in [6.45, 7) is 5.58. The quantitative estimate of drug-likeness (QED) is 0.842. The fourth-order valence-corrected chi connectivity index (χ4v) is 1.68. The van der Waals surface area contributed by atoms with Gasteiger partial charge in [0, 0.05) is 0 Å². The van der Waals surface area contributed by atoms with E-state index in [2.05, 4.69) is 5.10 Å². The Hall–Kier alpha value is -2.08. The zero-order chi connectivity index (χ0) is 14.8. The first kappa shape index (κ1) is 14.3. The molecular weight excluding hydrogens is 260 g/mol. The summed E-state index contributed by atoms with van der Waals surface area (Å²) >= 11 is 0. The van der Waals surface area contributed by atoms with Gasteiger partial charge in [-0.15, -0.1) is 0 Å². The van der Waals surface area contributed by atoms with Gasteiger partial charge in [-0.2, -0.15) is 5.10 Å². The van der Waals surface area contributed by atoms with E-state index < -0.39 is 11.6 Å². The van der Waals surface area contributed by atoms with Crippen molar-refractivity contribution >= 4 is 11.5 Å². The van der Waals surface area contributed by atoms with Crippen LogP contribution in [0.5, 0.6) is 5.75 Å². The second kappa shape index (κ2) is 5.50. The van der Waals surface area contributed by atoms with Crippen molar-refractivity contribution in [2.24, 2.45) is 0 Å². The Morgan fingerprint density at radius 2 is 2.20 bits per heavy atom. The molecule has 2 rings (SSSR count). The predicted octanol–water partition coefficient (Wildman–Crippen LogP) is 1.66. The van der Waals surface area contributed by atoms with Gasteiger partial charge in [0.15, 0.2) is 0 Å². The number of carbonyl (C=O) groups is 1. The highest BCUT2D eigenvalue weighted by atomic mass is 16.5. The van der Waals surface area contributed by atoms with Gasteiger partial charge in [-0.1, -0.05) is 0 Å². The van der Waals surface area contributed by atoms with Crippen LogP contribution in [0, 0.1) is 0 Å². The summed E-state index contributed by atoms with van der Waals surface area (Å²) in [6, 6.07) is 3.46. The van der Waals surface area contributed by atoms with Crippen molar-refractivity contribution in [3.8, 4) is 5.75 Å². The molecule has 2 aromatic heterocycles. The molecule has 0 fully saturated rings. The van der Waals surface area contributed by atoms with E-state index in [1.807, 2.05) is 0 Å². The van der Waals surface area contributed by atoms with Crippen LogP contribution < -0.4 is 4.74 Å². The molecule has 6 heteroatoms. The molecule has 0 radical (unpaired) electrons. The van der Waals surface area contributed by atoms with E-state index in [4.69, 9.17) is 9.47 Å². The van der Waals surface area contributed by atoms with Crippen molar-refractivity contribution in [2.75, 3.05) is 13.2 Å². The van der Waals surface area contributed by atoms with Gasteiger partial charge in [0.2, 0.25) is 0 Å². The lowest BCUT2D eigenvalue weighted by molar-refractivity contribution is 0.0283. The topological polar surface area (TPSA) is 73.1 Å². The molecule has 20 heavy (non-hydrogen) atoms. The number of fused-ring (bicyclic) bond motifs is 1. The van der Waals surface area contributed by atoms with Crippen LogP contribution in [0.15, 0.2) is 24.5 Å². The molecule has 0 unspecified atom stereocenters. The summed E-state index contributed by atoms with van der Waals surface area (Å²) in [5, 5.41) is 13.7. The number of ether oxygens (including phenoxy) is 2.